The molecule has 0 radical (unpaired) electrons. The molecule has 0 atom stereocenters. The van der Waals surface area contributed by atoms with Gasteiger partial charge in [0.2, 0.25) is 0 Å². The van der Waals surface area contributed by atoms with Crippen LogP contribution in [0.3, 0.4) is 0 Å². The highest BCUT2D eigenvalue weighted by atomic mass is 16.3. The zero-order chi connectivity index (χ0) is 10.8. The van der Waals surface area contributed by atoms with Crippen molar-refractivity contribution in [3.8, 4) is 16.9 Å². The first-order valence-corrected chi connectivity index (χ1v) is 4.72. The number of phenols is 1. The largest absolute Gasteiger partial charge is 0.508 e. The van der Waals surface area contributed by atoms with E-state index in [2.05, 4.69) is 5.10 Å². The van der Waals surface area contributed by atoms with Gasteiger partial charge in [-0.2, -0.15) is 5.10 Å². The van der Waals surface area contributed by atoms with Crippen LogP contribution >= 0.6 is 0 Å². The van der Waals surface area contributed by atoms with E-state index >= 15 is 0 Å². The summed E-state index contributed by atoms with van der Waals surface area (Å²) in [6.07, 6.45) is 1.76. The van der Waals surface area contributed by atoms with Crippen LogP contribution < -0.4 is 5.73 Å². The zero-order valence-corrected chi connectivity index (χ0v) is 8.51. The first-order chi connectivity index (χ1) is 7.22. The van der Waals surface area contributed by atoms with Gasteiger partial charge < -0.3 is 10.8 Å². The Balaban J connectivity index is 2.54. The Kier molecular flexibility index (Phi) is 2.43. The standard InChI is InChI=1S/C11H13N3O/c1-14-11(6-12)10(7-13-14)8-3-2-4-9(15)5-8/h2-5,7,15H,6,12H2,1H3. The van der Waals surface area contributed by atoms with Crippen molar-refractivity contribution >= 4 is 0 Å². The molecule has 0 saturated heterocycles. The molecule has 1 aromatic carbocycles. The minimum absolute atomic E-state index is 0.249. The Morgan fingerprint density at radius 3 is 2.93 bits per heavy atom. The van der Waals surface area contributed by atoms with Gasteiger partial charge in [0.25, 0.3) is 0 Å². The van der Waals surface area contributed by atoms with Crippen LogP contribution in [-0.4, -0.2) is 14.9 Å². The molecule has 4 heteroatoms. The molecule has 3 N–H and O–H groups in total. The average Bonchev–Trinajstić information content (AvgIpc) is 2.59. The third-order valence-corrected chi connectivity index (χ3v) is 2.41. The predicted octanol–water partition coefficient (Wildman–Crippen LogP) is 1.25. The maximum Gasteiger partial charge on any atom is 0.116 e. The summed E-state index contributed by atoms with van der Waals surface area (Å²) in [6.45, 7) is 0.432. The van der Waals surface area contributed by atoms with Gasteiger partial charge in [0.05, 0.1) is 11.9 Å². The fraction of sp³-hybridized carbons (Fsp3) is 0.182. The quantitative estimate of drug-likeness (QED) is 0.772. The van der Waals surface area contributed by atoms with Crippen LogP contribution in [0.25, 0.3) is 11.1 Å². The second-order valence-electron chi connectivity index (χ2n) is 3.38. The molecule has 0 aliphatic heterocycles. The van der Waals surface area contributed by atoms with Gasteiger partial charge in [0.1, 0.15) is 5.75 Å². The Morgan fingerprint density at radius 1 is 1.47 bits per heavy atom. The molecule has 0 aliphatic rings. The van der Waals surface area contributed by atoms with Crippen molar-refractivity contribution in [3.63, 3.8) is 0 Å². The molecule has 78 valence electrons. The van der Waals surface area contributed by atoms with Crippen molar-refractivity contribution in [2.75, 3.05) is 0 Å². The molecule has 0 spiro atoms. The summed E-state index contributed by atoms with van der Waals surface area (Å²) in [4.78, 5) is 0. The number of hydrogen-bond donors (Lipinski definition) is 2. The number of rotatable bonds is 2. The van der Waals surface area contributed by atoms with Gasteiger partial charge in [-0.15, -0.1) is 0 Å². The lowest BCUT2D eigenvalue weighted by Crippen LogP contribution is -2.05. The number of nitrogens with two attached hydrogens (primary N) is 1. The van der Waals surface area contributed by atoms with E-state index in [0.717, 1.165) is 16.8 Å². The SMILES string of the molecule is Cn1ncc(-c2cccc(O)c2)c1CN. The monoisotopic (exact) mass is 203 g/mol. The minimum Gasteiger partial charge on any atom is -0.508 e. The minimum atomic E-state index is 0.249. The second-order valence-corrected chi connectivity index (χ2v) is 3.38. The maximum atomic E-state index is 9.39. The molecule has 1 heterocycles. The average molecular weight is 203 g/mol. The molecule has 0 saturated carbocycles. The van der Waals surface area contributed by atoms with Crippen LogP contribution in [0.1, 0.15) is 5.69 Å². The van der Waals surface area contributed by atoms with Crippen molar-refractivity contribution in [3.05, 3.63) is 36.2 Å². The number of benzene rings is 1. The Morgan fingerprint density at radius 2 is 2.27 bits per heavy atom. The second kappa shape index (κ2) is 3.74. The van der Waals surface area contributed by atoms with E-state index < -0.39 is 0 Å². The van der Waals surface area contributed by atoms with E-state index in [1.807, 2.05) is 13.1 Å². The van der Waals surface area contributed by atoms with E-state index in [1.165, 1.54) is 0 Å². The van der Waals surface area contributed by atoms with Crippen LogP contribution in [0.2, 0.25) is 0 Å². The van der Waals surface area contributed by atoms with Crippen molar-refractivity contribution in [2.45, 2.75) is 6.54 Å². The molecule has 0 aliphatic carbocycles. The molecular weight excluding hydrogens is 190 g/mol. The highest BCUT2D eigenvalue weighted by molar-refractivity contribution is 5.66. The molecule has 0 bridgehead atoms. The van der Waals surface area contributed by atoms with Crippen molar-refractivity contribution in [1.82, 2.24) is 9.78 Å². The van der Waals surface area contributed by atoms with Crippen LogP contribution in [-0.2, 0) is 13.6 Å². The van der Waals surface area contributed by atoms with Crippen LogP contribution in [0.4, 0.5) is 0 Å². The first-order valence-electron chi connectivity index (χ1n) is 4.72. The van der Waals surface area contributed by atoms with E-state index in [4.69, 9.17) is 5.73 Å². The zero-order valence-electron chi connectivity index (χ0n) is 8.51. The number of aryl methyl sites for hydroxylation is 1. The van der Waals surface area contributed by atoms with E-state index in [9.17, 15) is 5.11 Å². The van der Waals surface area contributed by atoms with Gasteiger partial charge in [-0.3, -0.25) is 4.68 Å². The van der Waals surface area contributed by atoms with Crippen molar-refractivity contribution < 1.29 is 5.11 Å². The number of hydrogen-bond acceptors (Lipinski definition) is 3. The Bertz CT molecular complexity index is 476. The summed E-state index contributed by atoms with van der Waals surface area (Å²) in [5.74, 6) is 0.249. The van der Waals surface area contributed by atoms with Gasteiger partial charge in [-0.05, 0) is 17.7 Å². The highest BCUT2D eigenvalue weighted by Gasteiger charge is 2.08. The summed E-state index contributed by atoms with van der Waals surface area (Å²) in [5.41, 5.74) is 8.51. The highest BCUT2D eigenvalue weighted by Crippen LogP contribution is 2.25. The van der Waals surface area contributed by atoms with Crippen LogP contribution in [0, 0.1) is 0 Å². The third kappa shape index (κ3) is 1.71. The number of aromatic nitrogens is 2. The Labute approximate surface area is 88.0 Å². The smallest absolute Gasteiger partial charge is 0.116 e. The molecule has 1 aromatic heterocycles. The number of nitrogens with zero attached hydrogens (tertiary/aromatic N) is 2. The molecule has 4 nitrogen and oxygen atoms in total. The topological polar surface area (TPSA) is 64.1 Å². The van der Waals surface area contributed by atoms with Crippen molar-refractivity contribution in [1.29, 1.82) is 0 Å². The van der Waals surface area contributed by atoms with Crippen LogP contribution in [0.15, 0.2) is 30.5 Å². The van der Waals surface area contributed by atoms with Gasteiger partial charge in [-0.25, -0.2) is 0 Å². The maximum absolute atomic E-state index is 9.39. The number of aromatic hydroxyl groups is 1. The first kappa shape index (κ1) is 9.73. The lowest BCUT2D eigenvalue weighted by molar-refractivity contribution is 0.475. The molecule has 0 amide bonds. The summed E-state index contributed by atoms with van der Waals surface area (Å²) >= 11 is 0. The molecule has 0 fully saturated rings. The normalized spacial score (nSPS) is 10.5. The lowest BCUT2D eigenvalue weighted by atomic mass is 10.1. The van der Waals surface area contributed by atoms with E-state index in [0.29, 0.717) is 6.54 Å². The van der Waals surface area contributed by atoms with Crippen molar-refractivity contribution in [2.24, 2.45) is 12.8 Å². The number of phenolic OH excluding ortho intramolecular Hbond substituents is 1. The molecular formula is C11H13N3O. The van der Waals surface area contributed by atoms with Gasteiger partial charge >= 0.3 is 0 Å². The molecule has 0 unspecified atom stereocenters. The fourth-order valence-corrected chi connectivity index (χ4v) is 1.62. The van der Waals surface area contributed by atoms with Crippen LogP contribution in [0.5, 0.6) is 5.75 Å². The summed E-state index contributed by atoms with van der Waals surface area (Å²) < 4.78 is 1.75. The van der Waals surface area contributed by atoms with Gasteiger partial charge in [0, 0.05) is 19.2 Å². The third-order valence-electron chi connectivity index (χ3n) is 2.41. The summed E-state index contributed by atoms with van der Waals surface area (Å²) in [7, 11) is 1.86. The summed E-state index contributed by atoms with van der Waals surface area (Å²) in [5, 5.41) is 13.5. The molecule has 2 rings (SSSR count). The van der Waals surface area contributed by atoms with E-state index in [1.54, 1.807) is 29.1 Å². The fourth-order valence-electron chi connectivity index (χ4n) is 1.62. The van der Waals surface area contributed by atoms with Gasteiger partial charge in [0.15, 0.2) is 0 Å². The molecule has 15 heavy (non-hydrogen) atoms. The molecule has 2 aromatic rings. The van der Waals surface area contributed by atoms with E-state index in [-0.39, 0.29) is 5.75 Å². The summed E-state index contributed by atoms with van der Waals surface area (Å²) in [6, 6.07) is 7.08. The van der Waals surface area contributed by atoms with Gasteiger partial charge in [-0.1, -0.05) is 12.1 Å². The predicted molar refractivity (Wildman–Crippen MR) is 58.2 cm³/mol. The Hall–Kier alpha value is -1.81. The lowest BCUT2D eigenvalue weighted by Gasteiger charge is -2.03.